The van der Waals surface area contributed by atoms with Gasteiger partial charge in [-0.05, 0) is 35.9 Å². The number of aliphatic hydroxyl groups is 1. The number of carboxylic acids is 1. The summed E-state index contributed by atoms with van der Waals surface area (Å²) in [6, 6.07) is 17.9. The molecule has 2 heterocycles. The summed E-state index contributed by atoms with van der Waals surface area (Å²) in [5.41, 5.74) is 4.43. The predicted molar refractivity (Wildman–Crippen MR) is 138 cm³/mol. The maximum Gasteiger partial charge on any atom is 0.352 e. The van der Waals surface area contributed by atoms with Crippen LogP contribution in [0.4, 0.5) is 0 Å². The first kappa shape index (κ1) is 25.9. The molecule has 0 radical (unpaired) electrons. The molecule has 2 atom stereocenters. The van der Waals surface area contributed by atoms with E-state index >= 15 is 0 Å². The molecule has 0 aliphatic carbocycles. The van der Waals surface area contributed by atoms with Gasteiger partial charge in [-0.25, -0.2) is 4.79 Å². The number of rotatable bonds is 9. The van der Waals surface area contributed by atoms with Crippen LogP contribution in [0.3, 0.4) is 0 Å². The van der Waals surface area contributed by atoms with E-state index in [1.807, 2.05) is 6.07 Å². The maximum atomic E-state index is 13.6. The Balaban J connectivity index is 1.91. The van der Waals surface area contributed by atoms with Crippen LogP contribution in [0.5, 0.6) is 0 Å². The number of nitrogens with two attached hydrogens (primary N) is 1. The molecular formula is C27H25ClN4O5. The van der Waals surface area contributed by atoms with Crippen LogP contribution in [0.25, 0.3) is 10.9 Å². The minimum Gasteiger partial charge on any atom is -0.477 e. The van der Waals surface area contributed by atoms with Crippen molar-refractivity contribution in [2.45, 2.75) is 17.9 Å². The fourth-order valence-electron chi connectivity index (χ4n) is 4.61. The molecular weight excluding hydrogens is 496 g/mol. The Morgan fingerprint density at radius 2 is 1.81 bits per heavy atom. The zero-order valence-corrected chi connectivity index (χ0v) is 20.6. The fourth-order valence-corrected chi connectivity index (χ4v) is 4.78. The van der Waals surface area contributed by atoms with Crippen LogP contribution in [0.15, 0.2) is 72.9 Å². The van der Waals surface area contributed by atoms with Crippen molar-refractivity contribution < 1.29 is 24.6 Å². The van der Waals surface area contributed by atoms with E-state index < -0.39 is 29.3 Å². The molecule has 0 saturated carbocycles. The Bertz CT molecular complexity index is 1460. The van der Waals surface area contributed by atoms with Crippen molar-refractivity contribution in [2.75, 3.05) is 13.6 Å². The van der Waals surface area contributed by atoms with Crippen LogP contribution in [0, 0.1) is 0 Å². The molecule has 9 nitrogen and oxygen atoms in total. The lowest BCUT2D eigenvalue weighted by atomic mass is 9.68. The Labute approximate surface area is 217 Å². The summed E-state index contributed by atoms with van der Waals surface area (Å²) in [5.74, 6) is -3.31. The number of aliphatic hydroxyl groups excluding tert-OH is 1. The smallest absolute Gasteiger partial charge is 0.352 e. The topological polar surface area (TPSA) is 150 Å². The number of H-pyrrole nitrogens is 1. The Kier molecular flexibility index (Phi) is 7.28. The van der Waals surface area contributed by atoms with E-state index in [1.54, 1.807) is 48.7 Å². The molecule has 0 bridgehead atoms. The molecule has 2 aromatic heterocycles. The first-order valence-electron chi connectivity index (χ1n) is 11.4. The summed E-state index contributed by atoms with van der Waals surface area (Å²) >= 11 is 6.23. The third-order valence-corrected chi connectivity index (χ3v) is 6.67. The van der Waals surface area contributed by atoms with Crippen LogP contribution < -0.4 is 5.73 Å². The molecule has 37 heavy (non-hydrogen) atoms. The van der Waals surface area contributed by atoms with Gasteiger partial charge in [-0.1, -0.05) is 48.0 Å². The normalized spacial score (nSPS) is 13.6. The molecule has 0 spiro atoms. The first-order chi connectivity index (χ1) is 17.7. The molecule has 10 heteroatoms. The van der Waals surface area contributed by atoms with Crippen molar-refractivity contribution >= 4 is 40.3 Å². The average Bonchev–Trinajstić information content (AvgIpc) is 3.27. The number of nitrogens with one attached hydrogen (secondary N) is 1. The molecule has 2 amide bonds. The number of carboxylic acid groups (broad SMARTS) is 1. The molecule has 5 N–H and O–H groups in total. The monoisotopic (exact) mass is 520 g/mol. The number of amides is 2. The van der Waals surface area contributed by atoms with Gasteiger partial charge >= 0.3 is 5.97 Å². The molecule has 4 aromatic rings. The highest BCUT2D eigenvalue weighted by molar-refractivity contribution is 6.31. The lowest BCUT2D eigenvalue weighted by molar-refractivity contribution is -0.146. The van der Waals surface area contributed by atoms with Crippen molar-refractivity contribution in [3.8, 4) is 0 Å². The summed E-state index contributed by atoms with van der Waals surface area (Å²) in [6.45, 7) is 0.183. The van der Waals surface area contributed by atoms with Gasteiger partial charge in [-0.2, -0.15) is 0 Å². The summed E-state index contributed by atoms with van der Waals surface area (Å²) in [7, 11) is 1.48. The van der Waals surface area contributed by atoms with Crippen LogP contribution >= 0.6 is 11.6 Å². The molecule has 0 fully saturated rings. The first-order valence-corrected chi connectivity index (χ1v) is 11.8. The molecule has 0 aliphatic heterocycles. The van der Waals surface area contributed by atoms with E-state index in [0.717, 1.165) is 5.69 Å². The molecule has 190 valence electrons. The second-order valence-corrected chi connectivity index (χ2v) is 9.08. The number of pyridine rings is 1. The number of halogens is 1. The summed E-state index contributed by atoms with van der Waals surface area (Å²) in [6.07, 6.45) is -0.0275. The largest absolute Gasteiger partial charge is 0.477 e. The van der Waals surface area contributed by atoms with E-state index in [4.69, 9.17) is 17.3 Å². The van der Waals surface area contributed by atoms with Crippen molar-refractivity contribution in [2.24, 2.45) is 5.73 Å². The summed E-state index contributed by atoms with van der Waals surface area (Å²) in [5, 5.41) is 22.3. The highest BCUT2D eigenvalue weighted by Gasteiger charge is 2.54. The molecule has 4 rings (SSSR count). The molecule has 0 saturated heterocycles. The number of hydrogen-bond donors (Lipinski definition) is 4. The van der Waals surface area contributed by atoms with Crippen molar-refractivity contribution in [3.05, 3.63) is 100 Å². The highest BCUT2D eigenvalue weighted by atomic mass is 35.5. The van der Waals surface area contributed by atoms with Gasteiger partial charge in [-0.15, -0.1) is 0 Å². The van der Waals surface area contributed by atoms with Crippen LogP contribution in [-0.2, 0) is 21.4 Å². The highest BCUT2D eigenvalue weighted by Crippen LogP contribution is 2.43. The fraction of sp³-hybridized carbons (Fsp3) is 0.185. The minimum absolute atomic E-state index is 0.143. The number of nitrogens with zero attached hydrogens (tertiary/aromatic N) is 2. The van der Waals surface area contributed by atoms with E-state index in [-0.39, 0.29) is 33.8 Å². The number of carbonyl (C=O) groups is 3. The van der Waals surface area contributed by atoms with Gasteiger partial charge in [0.05, 0.1) is 0 Å². The van der Waals surface area contributed by atoms with E-state index in [1.165, 1.54) is 30.1 Å². The number of carbonyl (C=O) groups excluding carboxylic acids is 2. The third kappa shape index (κ3) is 4.66. The number of benzene rings is 2. The Morgan fingerprint density at radius 1 is 1.11 bits per heavy atom. The minimum atomic E-state index is -2.26. The molecule has 2 unspecified atom stereocenters. The quantitative estimate of drug-likeness (QED) is 0.266. The van der Waals surface area contributed by atoms with Gasteiger partial charge in [0.1, 0.15) is 11.1 Å². The second-order valence-electron chi connectivity index (χ2n) is 8.64. The van der Waals surface area contributed by atoms with E-state index in [9.17, 15) is 24.6 Å². The van der Waals surface area contributed by atoms with Gasteiger partial charge in [0.15, 0.2) is 6.10 Å². The zero-order valence-electron chi connectivity index (χ0n) is 19.9. The second kappa shape index (κ2) is 10.4. The standard InChI is InChI=1S/C27H25ClN4O5/c1-32(14-12-18-9-5-6-13-30-18)24(34)23(33)27(26(29)37,16-7-3-2-4-8-16)21-19-15-17(28)10-11-20(19)31-22(21)25(35)36/h2-11,13,15,23,31,33H,12,14H2,1H3,(H2,29,37)(H,35,36). The molecule has 2 aromatic carbocycles. The van der Waals surface area contributed by atoms with E-state index in [2.05, 4.69) is 9.97 Å². The SMILES string of the molecule is CN(CCc1ccccn1)C(=O)C(O)C(C(N)=O)(c1ccccc1)c1c(C(=O)O)[nH]c2ccc(Cl)cc12. The Hall–Kier alpha value is -4.21. The lowest BCUT2D eigenvalue weighted by Gasteiger charge is -2.37. The number of likely N-dealkylation sites (N-methyl/N-ethyl adjacent to an activating group) is 1. The van der Waals surface area contributed by atoms with Crippen molar-refractivity contribution in [1.82, 2.24) is 14.9 Å². The van der Waals surface area contributed by atoms with Gasteiger partial charge in [0.25, 0.3) is 5.91 Å². The molecule has 0 aliphatic rings. The van der Waals surface area contributed by atoms with Gasteiger partial charge in [0, 0.05) is 53.4 Å². The van der Waals surface area contributed by atoms with Crippen molar-refractivity contribution in [1.29, 1.82) is 0 Å². The lowest BCUT2D eigenvalue weighted by Crippen LogP contribution is -2.57. The van der Waals surface area contributed by atoms with Gasteiger partial charge < -0.3 is 25.8 Å². The van der Waals surface area contributed by atoms with Gasteiger partial charge in [0.2, 0.25) is 5.91 Å². The number of fused-ring (bicyclic) bond motifs is 1. The predicted octanol–water partition coefficient (Wildman–Crippen LogP) is 2.75. The summed E-state index contributed by atoms with van der Waals surface area (Å²) < 4.78 is 0. The summed E-state index contributed by atoms with van der Waals surface area (Å²) in [4.78, 5) is 47.7. The van der Waals surface area contributed by atoms with Crippen LogP contribution in [-0.4, -0.2) is 62.6 Å². The zero-order chi connectivity index (χ0) is 26.7. The number of primary amides is 1. The number of aromatic amines is 1. The van der Waals surface area contributed by atoms with Gasteiger partial charge in [-0.3, -0.25) is 14.6 Å². The van der Waals surface area contributed by atoms with Crippen LogP contribution in [0.1, 0.15) is 27.3 Å². The average molecular weight is 521 g/mol. The van der Waals surface area contributed by atoms with Crippen LogP contribution in [0.2, 0.25) is 5.02 Å². The maximum absolute atomic E-state index is 13.6. The van der Waals surface area contributed by atoms with E-state index in [0.29, 0.717) is 11.9 Å². The third-order valence-electron chi connectivity index (χ3n) is 6.44. The number of aromatic carboxylic acids is 1. The Morgan fingerprint density at radius 3 is 2.43 bits per heavy atom. The van der Waals surface area contributed by atoms with Crippen molar-refractivity contribution in [3.63, 3.8) is 0 Å². The number of hydrogen-bond acceptors (Lipinski definition) is 5. The number of aromatic nitrogens is 2.